The first kappa shape index (κ1) is 12.1. The Balaban J connectivity index is 2.68. The SMILES string of the molecule is CCC1(C)C(=O)c2cc(Cl)ccc2N(C)C1=O. The number of carbonyl (C=O) groups excluding carboxylic acids is 2. The minimum Gasteiger partial charge on any atom is -0.314 e. The summed E-state index contributed by atoms with van der Waals surface area (Å²) in [7, 11) is 1.69. The lowest BCUT2D eigenvalue weighted by Crippen LogP contribution is -2.49. The largest absolute Gasteiger partial charge is 0.314 e. The van der Waals surface area contributed by atoms with Gasteiger partial charge in [-0.05, 0) is 31.5 Å². The fourth-order valence-electron chi connectivity index (χ4n) is 2.17. The van der Waals surface area contributed by atoms with Crippen LogP contribution in [0.25, 0.3) is 0 Å². The lowest BCUT2D eigenvalue weighted by molar-refractivity contribution is -0.125. The maximum absolute atomic E-state index is 12.4. The number of amides is 1. The quantitative estimate of drug-likeness (QED) is 0.720. The molecule has 1 unspecified atom stereocenters. The Bertz CT molecular complexity index is 512. The molecule has 1 aromatic rings. The number of fused-ring (bicyclic) bond motifs is 1. The molecule has 2 rings (SSSR count). The molecule has 4 heteroatoms. The third-order valence-electron chi connectivity index (χ3n) is 3.55. The first-order valence-electron chi connectivity index (χ1n) is 5.54. The van der Waals surface area contributed by atoms with E-state index in [2.05, 4.69) is 0 Å². The van der Waals surface area contributed by atoms with E-state index in [9.17, 15) is 9.59 Å². The average molecular weight is 252 g/mol. The van der Waals surface area contributed by atoms with Crippen LogP contribution in [-0.4, -0.2) is 18.7 Å². The second-order valence-corrected chi connectivity index (χ2v) is 4.98. The Labute approximate surface area is 105 Å². The van der Waals surface area contributed by atoms with E-state index in [4.69, 9.17) is 11.6 Å². The lowest BCUT2D eigenvalue weighted by atomic mass is 9.75. The first-order chi connectivity index (χ1) is 7.91. The number of rotatable bonds is 1. The Morgan fingerprint density at radius 3 is 2.59 bits per heavy atom. The summed E-state index contributed by atoms with van der Waals surface area (Å²) in [5, 5.41) is 0.512. The van der Waals surface area contributed by atoms with Crippen molar-refractivity contribution < 1.29 is 9.59 Å². The van der Waals surface area contributed by atoms with Gasteiger partial charge in [0.2, 0.25) is 5.91 Å². The summed E-state index contributed by atoms with van der Waals surface area (Å²) < 4.78 is 0. The topological polar surface area (TPSA) is 37.4 Å². The highest BCUT2D eigenvalue weighted by Crippen LogP contribution is 2.39. The molecule has 1 heterocycles. The molecule has 0 aromatic heterocycles. The second kappa shape index (κ2) is 3.84. The highest BCUT2D eigenvalue weighted by atomic mass is 35.5. The van der Waals surface area contributed by atoms with E-state index in [1.165, 1.54) is 4.90 Å². The van der Waals surface area contributed by atoms with Crippen LogP contribution in [0, 0.1) is 5.41 Å². The monoisotopic (exact) mass is 251 g/mol. The molecule has 1 aromatic carbocycles. The molecule has 90 valence electrons. The summed E-state index contributed by atoms with van der Waals surface area (Å²) in [6, 6.07) is 5.03. The standard InChI is InChI=1S/C13H14ClNO2/c1-4-13(2)11(16)9-7-8(14)5-6-10(9)15(3)12(13)17/h5-7H,4H2,1-3H3. The van der Waals surface area contributed by atoms with Crippen LogP contribution < -0.4 is 4.90 Å². The van der Waals surface area contributed by atoms with Gasteiger partial charge in [-0.15, -0.1) is 0 Å². The number of benzene rings is 1. The summed E-state index contributed by atoms with van der Waals surface area (Å²) in [5.41, 5.74) is 0.200. The van der Waals surface area contributed by atoms with Crippen molar-refractivity contribution in [1.29, 1.82) is 0 Å². The Kier molecular flexibility index (Phi) is 2.74. The van der Waals surface area contributed by atoms with Gasteiger partial charge in [0.1, 0.15) is 5.41 Å². The van der Waals surface area contributed by atoms with Crippen molar-refractivity contribution >= 4 is 29.0 Å². The van der Waals surface area contributed by atoms with Gasteiger partial charge in [0.15, 0.2) is 5.78 Å². The highest BCUT2D eigenvalue weighted by molar-refractivity contribution is 6.32. The molecule has 0 spiro atoms. The predicted octanol–water partition coefficient (Wildman–Crippen LogP) is 2.92. The van der Waals surface area contributed by atoms with Crippen molar-refractivity contribution in [2.24, 2.45) is 5.41 Å². The van der Waals surface area contributed by atoms with Crippen LogP contribution in [0.2, 0.25) is 5.02 Å². The van der Waals surface area contributed by atoms with E-state index in [1.807, 2.05) is 6.92 Å². The first-order valence-corrected chi connectivity index (χ1v) is 5.92. The summed E-state index contributed by atoms with van der Waals surface area (Å²) in [6.07, 6.45) is 0.487. The van der Waals surface area contributed by atoms with Crippen LogP contribution in [0.5, 0.6) is 0 Å². The van der Waals surface area contributed by atoms with E-state index in [1.54, 1.807) is 32.2 Å². The molecule has 1 aliphatic rings. The third kappa shape index (κ3) is 1.57. The maximum atomic E-state index is 12.4. The summed E-state index contributed by atoms with van der Waals surface area (Å²) in [5.74, 6) is -0.291. The zero-order chi connectivity index (χ0) is 12.8. The number of carbonyl (C=O) groups is 2. The predicted molar refractivity (Wildman–Crippen MR) is 67.6 cm³/mol. The van der Waals surface area contributed by atoms with Gasteiger partial charge in [-0.3, -0.25) is 9.59 Å². The Hall–Kier alpha value is -1.35. The zero-order valence-corrected chi connectivity index (χ0v) is 10.8. The molecule has 0 aliphatic carbocycles. The number of nitrogens with zero attached hydrogens (tertiary/aromatic N) is 1. The Morgan fingerprint density at radius 2 is 2.00 bits per heavy atom. The van der Waals surface area contributed by atoms with Crippen molar-refractivity contribution in [2.75, 3.05) is 11.9 Å². The van der Waals surface area contributed by atoms with Crippen LogP contribution in [0.15, 0.2) is 18.2 Å². The maximum Gasteiger partial charge on any atom is 0.240 e. The van der Waals surface area contributed by atoms with Crippen molar-refractivity contribution in [3.63, 3.8) is 0 Å². The van der Waals surface area contributed by atoms with E-state index < -0.39 is 5.41 Å². The summed E-state index contributed by atoms with van der Waals surface area (Å²) in [6.45, 7) is 3.54. The third-order valence-corrected chi connectivity index (χ3v) is 3.78. The number of ketones is 1. The minimum atomic E-state index is -0.966. The van der Waals surface area contributed by atoms with Crippen LogP contribution in [0.3, 0.4) is 0 Å². The average Bonchev–Trinajstić information content (AvgIpc) is 2.33. The van der Waals surface area contributed by atoms with Gasteiger partial charge >= 0.3 is 0 Å². The molecule has 0 bridgehead atoms. The zero-order valence-electron chi connectivity index (χ0n) is 10.1. The van der Waals surface area contributed by atoms with E-state index in [0.29, 0.717) is 22.7 Å². The van der Waals surface area contributed by atoms with Crippen LogP contribution >= 0.6 is 11.6 Å². The smallest absolute Gasteiger partial charge is 0.240 e. The van der Waals surface area contributed by atoms with Crippen LogP contribution in [-0.2, 0) is 4.79 Å². The van der Waals surface area contributed by atoms with Crippen molar-refractivity contribution in [1.82, 2.24) is 0 Å². The van der Waals surface area contributed by atoms with Crippen molar-refractivity contribution in [3.05, 3.63) is 28.8 Å². The van der Waals surface area contributed by atoms with Gasteiger partial charge < -0.3 is 4.90 Å². The molecule has 0 radical (unpaired) electrons. The Morgan fingerprint density at radius 1 is 1.35 bits per heavy atom. The van der Waals surface area contributed by atoms with Crippen molar-refractivity contribution in [2.45, 2.75) is 20.3 Å². The van der Waals surface area contributed by atoms with E-state index in [0.717, 1.165) is 0 Å². The molecule has 1 aliphatic heterocycles. The van der Waals surface area contributed by atoms with Gasteiger partial charge in [0.05, 0.1) is 5.69 Å². The molecule has 0 saturated carbocycles. The number of hydrogen-bond donors (Lipinski definition) is 0. The van der Waals surface area contributed by atoms with E-state index >= 15 is 0 Å². The van der Waals surface area contributed by atoms with E-state index in [-0.39, 0.29) is 11.7 Å². The van der Waals surface area contributed by atoms with Crippen molar-refractivity contribution in [3.8, 4) is 0 Å². The fraction of sp³-hybridized carbons (Fsp3) is 0.385. The molecule has 3 nitrogen and oxygen atoms in total. The molecule has 0 N–H and O–H groups in total. The lowest BCUT2D eigenvalue weighted by Gasteiger charge is -2.36. The van der Waals surface area contributed by atoms with Gasteiger partial charge in [-0.25, -0.2) is 0 Å². The molecule has 0 fully saturated rings. The minimum absolute atomic E-state index is 0.138. The molecular weight excluding hydrogens is 238 g/mol. The normalized spacial score (nSPS) is 23.9. The van der Waals surface area contributed by atoms with Gasteiger partial charge in [0, 0.05) is 17.6 Å². The molecule has 1 atom stereocenters. The molecule has 0 saturated heterocycles. The molecule has 17 heavy (non-hydrogen) atoms. The van der Waals surface area contributed by atoms with Gasteiger partial charge in [0.25, 0.3) is 0 Å². The number of hydrogen-bond acceptors (Lipinski definition) is 2. The number of halogens is 1. The summed E-state index contributed by atoms with van der Waals surface area (Å²) in [4.78, 5) is 26.1. The van der Waals surface area contributed by atoms with Gasteiger partial charge in [-0.2, -0.15) is 0 Å². The molecule has 1 amide bonds. The summed E-state index contributed by atoms with van der Waals surface area (Å²) >= 11 is 5.91. The number of Topliss-reactive ketones (excluding diaryl/α,β-unsaturated/α-hetero) is 1. The highest BCUT2D eigenvalue weighted by Gasteiger charge is 2.46. The fourth-order valence-corrected chi connectivity index (χ4v) is 2.34. The van der Waals surface area contributed by atoms with Crippen LogP contribution in [0.1, 0.15) is 30.6 Å². The molecular formula is C13H14ClNO2. The number of anilines is 1. The van der Waals surface area contributed by atoms with Crippen LogP contribution in [0.4, 0.5) is 5.69 Å². The second-order valence-electron chi connectivity index (χ2n) is 4.54. The van der Waals surface area contributed by atoms with Gasteiger partial charge in [-0.1, -0.05) is 18.5 Å².